The fourth-order valence-corrected chi connectivity index (χ4v) is 2.66. The lowest BCUT2D eigenvalue weighted by molar-refractivity contribution is 0.0696. The Hall–Kier alpha value is -3.09. The minimum Gasteiger partial charge on any atom is -0.478 e. The van der Waals surface area contributed by atoms with E-state index in [2.05, 4.69) is 10.5 Å². The Morgan fingerprint density at radius 2 is 1.85 bits per heavy atom. The van der Waals surface area contributed by atoms with E-state index in [9.17, 15) is 9.59 Å². The van der Waals surface area contributed by atoms with Crippen LogP contribution in [0.3, 0.4) is 0 Å². The number of benzene rings is 2. The molecule has 0 unspecified atom stereocenters. The zero-order chi connectivity index (χ0) is 19.4. The van der Waals surface area contributed by atoms with Gasteiger partial charge in [0, 0.05) is 16.1 Å². The van der Waals surface area contributed by atoms with Gasteiger partial charge in [0.15, 0.2) is 0 Å². The van der Waals surface area contributed by atoms with E-state index in [1.165, 1.54) is 30.5 Å². The third-order valence-corrected chi connectivity index (χ3v) is 4.11. The van der Waals surface area contributed by atoms with Crippen molar-refractivity contribution in [2.45, 2.75) is 0 Å². The second kappa shape index (κ2) is 8.07. The van der Waals surface area contributed by atoms with E-state index in [0.29, 0.717) is 32.7 Å². The number of carbonyl (C=O) groups is 2. The minimum atomic E-state index is -1.06. The molecule has 0 bridgehead atoms. The minimum absolute atomic E-state index is 0.0924. The van der Waals surface area contributed by atoms with Gasteiger partial charge in [-0.3, -0.25) is 4.79 Å². The van der Waals surface area contributed by atoms with Gasteiger partial charge in [-0.25, -0.2) is 10.2 Å². The van der Waals surface area contributed by atoms with Crippen molar-refractivity contribution in [1.82, 2.24) is 5.43 Å². The van der Waals surface area contributed by atoms with Crippen LogP contribution in [-0.2, 0) is 0 Å². The normalized spacial score (nSPS) is 10.9. The smallest absolute Gasteiger partial charge is 0.335 e. The molecule has 0 spiro atoms. The molecule has 0 aliphatic rings. The van der Waals surface area contributed by atoms with Gasteiger partial charge in [0.2, 0.25) is 0 Å². The number of furan rings is 1. The fourth-order valence-electron chi connectivity index (χ4n) is 2.26. The SMILES string of the molecule is O=C(O)c1ccc(Cl)c(-c2ccc(/C=N/NC(=O)c3cccc(Cl)c3)o2)c1. The number of carbonyl (C=O) groups excluding carboxylic acids is 1. The highest BCUT2D eigenvalue weighted by molar-refractivity contribution is 6.33. The number of amides is 1. The van der Waals surface area contributed by atoms with Crippen LogP contribution in [0, 0.1) is 0 Å². The predicted molar refractivity (Wildman–Crippen MR) is 103 cm³/mol. The molecule has 27 heavy (non-hydrogen) atoms. The molecule has 1 heterocycles. The molecule has 0 saturated heterocycles. The van der Waals surface area contributed by atoms with Crippen molar-refractivity contribution in [1.29, 1.82) is 0 Å². The van der Waals surface area contributed by atoms with Crippen LogP contribution in [0.4, 0.5) is 0 Å². The van der Waals surface area contributed by atoms with E-state index in [4.69, 9.17) is 32.7 Å². The predicted octanol–water partition coefficient (Wildman–Crippen LogP) is 4.72. The molecule has 2 N–H and O–H groups in total. The summed E-state index contributed by atoms with van der Waals surface area (Å²) in [6.45, 7) is 0. The summed E-state index contributed by atoms with van der Waals surface area (Å²) in [5.41, 5.74) is 3.28. The van der Waals surface area contributed by atoms with E-state index in [1.54, 1.807) is 30.3 Å². The number of carboxylic acids is 1. The maximum Gasteiger partial charge on any atom is 0.335 e. The van der Waals surface area contributed by atoms with Crippen molar-refractivity contribution in [3.8, 4) is 11.3 Å². The van der Waals surface area contributed by atoms with Gasteiger partial charge in [0.1, 0.15) is 11.5 Å². The molecular weight excluding hydrogens is 391 g/mol. The summed E-state index contributed by atoms with van der Waals surface area (Å²) in [6.07, 6.45) is 1.32. The van der Waals surface area contributed by atoms with E-state index in [1.807, 2.05) is 0 Å². The standard InChI is InChI=1S/C19H12Cl2N2O4/c20-13-3-1-2-11(8-13)18(24)23-22-10-14-5-7-17(27-14)15-9-12(19(25)26)4-6-16(15)21/h1-10H,(H,23,24)(H,25,26)/b22-10+. The molecule has 6 nitrogen and oxygen atoms in total. The van der Waals surface area contributed by atoms with Crippen LogP contribution in [0.2, 0.25) is 10.0 Å². The Bertz CT molecular complexity index is 1040. The third kappa shape index (κ3) is 4.55. The Balaban J connectivity index is 1.73. The van der Waals surface area contributed by atoms with Crippen molar-refractivity contribution in [3.05, 3.63) is 81.5 Å². The van der Waals surface area contributed by atoms with Crippen LogP contribution in [0.15, 0.2) is 64.1 Å². The number of carboxylic acid groups (broad SMARTS) is 1. The molecule has 0 aliphatic carbocycles. The first kappa shape index (κ1) is 18.7. The number of hydrazone groups is 1. The molecule has 0 radical (unpaired) electrons. The number of nitrogens with one attached hydrogen (secondary N) is 1. The first-order valence-electron chi connectivity index (χ1n) is 7.66. The van der Waals surface area contributed by atoms with Gasteiger partial charge in [0.05, 0.1) is 16.8 Å². The number of hydrogen-bond donors (Lipinski definition) is 2. The summed E-state index contributed by atoms with van der Waals surface area (Å²) in [5, 5.41) is 13.7. The van der Waals surface area contributed by atoms with Gasteiger partial charge in [-0.2, -0.15) is 5.10 Å². The fraction of sp³-hybridized carbons (Fsp3) is 0. The maximum atomic E-state index is 12.0. The van der Waals surface area contributed by atoms with Crippen LogP contribution in [0.25, 0.3) is 11.3 Å². The number of hydrogen-bond acceptors (Lipinski definition) is 4. The van der Waals surface area contributed by atoms with Gasteiger partial charge < -0.3 is 9.52 Å². The summed E-state index contributed by atoms with van der Waals surface area (Å²) in [5.74, 6) is -0.748. The summed E-state index contributed by atoms with van der Waals surface area (Å²) in [4.78, 5) is 23.1. The molecule has 2 aromatic carbocycles. The second-order valence-electron chi connectivity index (χ2n) is 5.41. The maximum absolute atomic E-state index is 12.0. The molecule has 0 aliphatic heterocycles. The Morgan fingerprint density at radius 3 is 2.59 bits per heavy atom. The average molecular weight is 403 g/mol. The van der Waals surface area contributed by atoms with Crippen molar-refractivity contribution < 1.29 is 19.1 Å². The lowest BCUT2D eigenvalue weighted by Gasteiger charge is -2.02. The first-order chi connectivity index (χ1) is 12.9. The van der Waals surface area contributed by atoms with Crippen molar-refractivity contribution in [2.24, 2.45) is 5.10 Å². The van der Waals surface area contributed by atoms with Crippen molar-refractivity contribution in [3.63, 3.8) is 0 Å². The number of rotatable bonds is 5. The molecule has 0 fully saturated rings. The highest BCUT2D eigenvalue weighted by Gasteiger charge is 2.12. The van der Waals surface area contributed by atoms with E-state index < -0.39 is 11.9 Å². The monoisotopic (exact) mass is 402 g/mol. The van der Waals surface area contributed by atoms with E-state index in [0.717, 1.165) is 0 Å². The van der Waals surface area contributed by atoms with E-state index >= 15 is 0 Å². The van der Waals surface area contributed by atoms with Crippen molar-refractivity contribution in [2.75, 3.05) is 0 Å². The van der Waals surface area contributed by atoms with Crippen LogP contribution in [0.1, 0.15) is 26.5 Å². The Morgan fingerprint density at radius 1 is 1.04 bits per heavy atom. The lowest BCUT2D eigenvalue weighted by Crippen LogP contribution is -2.17. The highest BCUT2D eigenvalue weighted by Crippen LogP contribution is 2.30. The Kier molecular flexibility index (Phi) is 5.59. The Labute approximate surface area is 164 Å². The third-order valence-electron chi connectivity index (χ3n) is 3.55. The molecule has 0 atom stereocenters. The summed E-state index contributed by atoms with van der Waals surface area (Å²) >= 11 is 12.0. The lowest BCUT2D eigenvalue weighted by atomic mass is 10.1. The van der Waals surface area contributed by atoms with Gasteiger partial charge in [-0.1, -0.05) is 29.3 Å². The quantitative estimate of drug-likeness (QED) is 0.477. The molecule has 3 rings (SSSR count). The van der Waals surface area contributed by atoms with Gasteiger partial charge in [-0.05, 0) is 48.5 Å². The summed E-state index contributed by atoms with van der Waals surface area (Å²) < 4.78 is 5.59. The number of halogens is 2. The number of nitrogens with zero attached hydrogens (tertiary/aromatic N) is 1. The van der Waals surface area contributed by atoms with Gasteiger partial charge >= 0.3 is 5.97 Å². The van der Waals surface area contributed by atoms with Crippen LogP contribution in [-0.4, -0.2) is 23.2 Å². The van der Waals surface area contributed by atoms with Gasteiger partial charge in [-0.15, -0.1) is 0 Å². The molecule has 3 aromatic rings. The molecule has 8 heteroatoms. The van der Waals surface area contributed by atoms with Crippen LogP contribution < -0.4 is 5.43 Å². The van der Waals surface area contributed by atoms with Gasteiger partial charge in [0.25, 0.3) is 5.91 Å². The van der Waals surface area contributed by atoms with E-state index in [-0.39, 0.29) is 5.56 Å². The average Bonchev–Trinajstić information content (AvgIpc) is 3.10. The van der Waals surface area contributed by atoms with Crippen LogP contribution >= 0.6 is 23.2 Å². The highest BCUT2D eigenvalue weighted by atomic mass is 35.5. The molecule has 1 aromatic heterocycles. The zero-order valence-electron chi connectivity index (χ0n) is 13.6. The zero-order valence-corrected chi connectivity index (χ0v) is 15.2. The topological polar surface area (TPSA) is 91.9 Å². The summed E-state index contributed by atoms with van der Waals surface area (Å²) in [7, 11) is 0. The summed E-state index contributed by atoms with van der Waals surface area (Å²) in [6, 6.07) is 14.0. The number of aromatic carboxylic acids is 1. The first-order valence-corrected chi connectivity index (χ1v) is 8.41. The second-order valence-corrected chi connectivity index (χ2v) is 6.25. The molecular formula is C19H12Cl2N2O4. The molecule has 0 saturated carbocycles. The molecule has 1 amide bonds. The largest absolute Gasteiger partial charge is 0.478 e. The molecule has 136 valence electrons. The van der Waals surface area contributed by atoms with Crippen molar-refractivity contribution >= 4 is 41.3 Å². The van der Waals surface area contributed by atoms with Crippen LogP contribution in [0.5, 0.6) is 0 Å².